The van der Waals surface area contributed by atoms with Gasteiger partial charge in [0.25, 0.3) is 0 Å². The summed E-state index contributed by atoms with van der Waals surface area (Å²) in [6.45, 7) is 4.42. The Balaban J connectivity index is 1.91. The molecule has 7 atom stereocenters. The van der Waals surface area contributed by atoms with Gasteiger partial charge in [0.15, 0.2) is 0 Å². The van der Waals surface area contributed by atoms with Crippen molar-refractivity contribution in [3.05, 3.63) is 11.6 Å². The minimum absolute atomic E-state index is 0.0699. The zero-order chi connectivity index (χ0) is 14.3. The Morgan fingerprint density at radius 2 is 2.10 bits per heavy atom. The van der Waals surface area contributed by atoms with Crippen LogP contribution in [-0.4, -0.2) is 58.6 Å². The van der Waals surface area contributed by atoms with E-state index in [1.54, 1.807) is 0 Å². The summed E-state index contributed by atoms with van der Waals surface area (Å²) in [5.74, 6) is 0. The lowest BCUT2D eigenvalue weighted by molar-refractivity contribution is -0.226. The molecule has 20 heavy (non-hydrogen) atoms. The second-order valence-corrected chi connectivity index (χ2v) is 7.12. The van der Waals surface area contributed by atoms with Gasteiger partial charge in [0, 0.05) is 10.8 Å². The quantitative estimate of drug-likeness (QED) is 0.465. The van der Waals surface area contributed by atoms with Crippen LogP contribution in [-0.2, 0) is 9.47 Å². The summed E-state index contributed by atoms with van der Waals surface area (Å²) < 4.78 is 11.8. The average Bonchev–Trinajstić information content (AvgIpc) is 3.21. The molecule has 1 unspecified atom stereocenters. The van der Waals surface area contributed by atoms with Crippen molar-refractivity contribution < 1.29 is 24.8 Å². The maximum atomic E-state index is 10.7. The van der Waals surface area contributed by atoms with E-state index in [1.165, 1.54) is 5.57 Å². The molecule has 2 heterocycles. The minimum Gasteiger partial charge on any atom is -0.396 e. The molecule has 3 N–H and O–H groups in total. The molecule has 0 aromatic carbocycles. The van der Waals surface area contributed by atoms with E-state index in [0.29, 0.717) is 6.61 Å². The van der Waals surface area contributed by atoms with Crippen LogP contribution in [0.4, 0.5) is 0 Å². The van der Waals surface area contributed by atoms with Crippen LogP contribution in [0.25, 0.3) is 0 Å². The normalized spacial score (nSPS) is 60.4. The number of allylic oxidation sites excluding steroid dienone is 1. The minimum atomic E-state index is -0.953. The number of epoxide rings is 1. The van der Waals surface area contributed by atoms with Crippen molar-refractivity contribution in [2.75, 3.05) is 13.2 Å². The predicted octanol–water partition coefficient (Wildman–Crippen LogP) is -0.0167. The van der Waals surface area contributed by atoms with Crippen LogP contribution in [0, 0.1) is 10.8 Å². The van der Waals surface area contributed by atoms with Crippen molar-refractivity contribution >= 4 is 0 Å². The first-order valence-electron chi connectivity index (χ1n) is 7.37. The second-order valence-electron chi connectivity index (χ2n) is 7.12. The maximum absolute atomic E-state index is 10.7. The molecule has 5 nitrogen and oxygen atoms in total. The molecule has 4 rings (SSSR count). The van der Waals surface area contributed by atoms with Crippen molar-refractivity contribution in [1.82, 2.24) is 0 Å². The van der Waals surface area contributed by atoms with E-state index in [2.05, 4.69) is 6.92 Å². The highest BCUT2D eigenvalue weighted by Crippen LogP contribution is 2.71. The fourth-order valence-electron chi connectivity index (χ4n) is 5.06. The van der Waals surface area contributed by atoms with Crippen LogP contribution in [0.2, 0.25) is 0 Å². The Bertz CT molecular complexity index is 485. The first-order valence-corrected chi connectivity index (χ1v) is 7.37. The van der Waals surface area contributed by atoms with Crippen molar-refractivity contribution in [2.24, 2.45) is 10.8 Å². The Labute approximate surface area is 118 Å². The summed E-state index contributed by atoms with van der Waals surface area (Å²) in [6.07, 6.45) is 1.01. The van der Waals surface area contributed by atoms with Crippen LogP contribution in [0.15, 0.2) is 11.6 Å². The molecule has 0 radical (unpaired) electrons. The molecule has 1 saturated carbocycles. The Morgan fingerprint density at radius 3 is 2.70 bits per heavy atom. The molecule has 4 aliphatic rings. The van der Waals surface area contributed by atoms with Gasteiger partial charge in [-0.15, -0.1) is 0 Å². The standard InChI is InChI=1S/C15H22O5/c1-8-3-4-14(6-16)9(5-8)20-12-10(17)11(18)13(14,2)15(12)7-19-15/h5,9-12,16-18H,3-4,6-7H2,1-2H3/t9-,10-,11-,12-,13-,14-,15?/m1/s1. The van der Waals surface area contributed by atoms with E-state index in [9.17, 15) is 15.3 Å². The van der Waals surface area contributed by atoms with Gasteiger partial charge in [0.2, 0.25) is 0 Å². The molecule has 2 aliphatic heterocycles. The number of aliphatic hydroxyl groups is 3. The second kappa shape index (κ2) is 3.65. The summed E-state index contributed by atoms with van der Waals surface area (Å²) in [4.78, 5) is 0. The van der Waals surface area contributed by atoms with Crippen LogP contribution in [0.1, 0.15) is 26.7 Å². The van der Waals surface area contributed by atoms with Crippen molar-refractivity contribution in [1.29, 1.82) is 0 Å². The SMILES string of the molecule is CC1=C[C@H]2O[C@@H]3[C@H](O)[C@@H](O)[C@@](C)(C34CO4)[C@@]2(CO)CC1. The number of rotatable bonds is 1. The Hall–Kier alpha value is -0.460. The summed E-state index contributed by atoms with van der Waals surface area (Å²) in [7, 11) is 0. The molecule has 5 heteroatoms. The Kier molecular flexibility index (Phi) is 2.41. The van der Waals surface area contributed by atoms with E-state index in [4.69, 9.17) is 9.47 Å². The lowest BCUT2D eigenvalue weighted by Crippen LogP contribution is -2.66. The molecule has 2 saturated heterocycles. The number of hydrogen-bond acceptors (Lipinski definition) is 5. The summed E-state index contributed by atoms with van der Waals surface area (Å²) >= 11 is 0. The Morgan fingerprint density at radius 1 is 1.40 bits per heavy atom. The number of ether oxygens (including phenoxy) is 2. The number of aliphatic hydroxyl groups excluding tert-OH is 3. The van der Waals surface area contributed by atoms with E-state index >= 15 is 0 Å². The molecule has 0 amide bonds. The molecule has 112 valence electrons. The molecule has 2 bridgehead atoms. The van der Waals surface area contributed by atoms with Gasteiger partial charge in [-0.2, -0.15) is 0 Å². The fourth-order valence-corrected chi connectivity index (χ4v) is 5.06. The smallest absolute Gasteiger partial charge is 0.129 e. The van der Waals surface area contributed by atoms with Gasteiger partial charge in [-0.1, -0.05) is 18.6 Å². The summed E-state index contributed by atoms with van der Waals surface area (Å²) in [5, 5.41) is 31.2. The van der Waals surface area contributed by atoms with Crippen molar-refractivity contribution in [3.63, 3.8) is 0 Å². The highest BCUT2D eigenvalue weighted by atomic mass is 16.6. The van der Waals surface area contributed by atoms with E-state index in [1.807, 2.05) is 13.0 Å². The zero-order valence-electron chi connectivity index (χ0n) is 11.9. The van der Waals surface area contributed by atoms with Gasteiger partial charge < -0.3 is 24.8 Å². The van der Waals surface area contributed by atoms with Gasteiger partial charge in [-0.25, -0.2) is 0 Å². The van der Waals surface area contributed by atoms with Crippen molar-refractivity contribution in [3.8, 4) is 0 Å². The highest BCUT2D eigenvalue weighted by molar-refractivity contribution is 5.34. The molecule has 1 spiro atoms. The molecular weight excluding hydrogens is 260 g/mol. The maximum Gasteiger partial charge on any atom is 0.129 e. The molecule has 3 fully saturated rings. The molecule has 0 aromatic heterocycles. The molecular formula is C15H22O5. The van der Waals surface area contributed by atoms with Gasteiger partial charge in [0.05, 0.1) is 25.4 Å². The first-order chi connectivity index (χ1) is 9.43. The monoisotopic (exact) mass is 282 g/mol. The summed E-state index contributed by atoms with van der Waals surface area (Å²) in [5.41, 5.74) is -0.668. The van der Waals surface area contributed by atoms with Gasteiger partial charge in [-0.05, 0) is 19.8 Å². The van der Waals surface area contributed by atoms with Crippen LogP contribution in [0.5, 0.6) is 0 Å². The first kappa shape index (κ1) is 13.2. The van der Waals surface area contributed by atoms with Crippen LogP contribution < -0.4 is 0 Å². The fraction of sp³-hybridized carbons (Fsp3) is 0.867. The van der Waals surface area contributed by atoms with Gasteiger partial charge >= 0.3 is 0 Å². The molecule has 0 aromatic rings. The highest BCUT2D eigenvalue weighted by Gasteiger charge is 2.84. The largest absolute Gasteiger partial charge is 0.396 e. The van der Waals surface area contributed by atoms with Crippen LogP contribution in [0.3, 0.4) is 0 Å². The predicted molar refractivity (Wildman–Crippen MR) is 70.0 cm³/mol. The molecule has 2 aliphatic carbocycles. The van der Waals surface area contributed by atoms with E-state index < -0.39 is 34.7 Å². The third kappa shape index (κ3) is 1.12. The third-order valence-corrected chi connectivity index (χ3v) is 6.57. The topological polar surface area (TPSA) is 82.5 Å². The number of fused-ring (bicyclic) bond motifs is 2. The van der Waals surface area contributed by atoms with Crippen LogP contribution >= 0.6 is 0 Å². The van der Waals surface area contributed by atoms with Crippen molar-refractivity contribution in [2.45, 2.75) is 56.7 Å². The zero-order valence-corrected chi connectivity index (χ0v) is 11.9. The van der Waals surface area contributed by atoms with Gasteiger partial charge in [-0.3, -0.25) is 0 Å². The number of hydrogen-bond donors (Lipinski definition) is 3. The lowest BCUT2D eigenvalue weighted by atomic mass is 9.51. The average molecular weight is 282 g/mol. The van der Waals surface area contributed by atoms with E-state index in [0.717, 1.165) is 12.8 Å². The summed E-state index contributed by atoms with van der Waals surface area (Å²) in [6, 6.07) is 0. The van der Waals surface area contributed by atoms with Gasteiger partial charge in [0.1, 0.15) is 17.8 Å². The van der Waals surface area contributed by atoms with E-state index in [-0.39, 0.29) is 12.7 Å². The lowest BCUT2D eigenvalue weighted by Gasteiger charge is -2.57. The third-order valence-electron chi connectivity index (χ3n) is 6.57.